The molecule has 0 amide bonds. The number of anilines is 1. The quantitative estimate of drug-likeness (QED) is 0.915. The normalized spacial score (nSPS) is 16.4. The van der Waals surface area contributed by atoms with Crippen molar-refractivity contribution in [3.63, 3.8) is 0 Å². The summed E-state index contributed by atoms with van der Waals surface area (Å²) in [6.07, 6.45) is 2.24. The predicted octanol–water partition coefficient (Wildman–Crippen LogP) is 2.62. The smallest absolute Gasteiger partial charge is 0.245 e. The molecule has 0 saturated carbocycles. The molecule has 1 saturated heterocycles. The number of benzene rings is 1. The molecule has 3 rings (SSSR count). The molecule has 2 heterocycles. The number of H-pyrrole nitrogens is 1. The highest BCUT2D eigenvalue weighted by Crippen LogP contribution is 2.25. The second kappa shape index (κ2) is 6.03. The first-order valence-electron chi connectivity index (χ1n) is 7.28. The minimum atomic E-state index is 0.606. The molecule has 0 spiro atoms. The molecule has 1 aromatic heterocycles. The van der Waals surface area contributed by atoms with Gasteiger partial charge in [-0.05, 0) is 44.5 Å². The minimum Gasteiger partial charge on any atom is -0.339 e. The Bertz CT molecular complexity index is 616. The van der Waals surface area contributed by atoms with Gasteiger partial charge >= 0.3 is 0 Å². The molecule has 21 heavy (non-hydrogen) atoms. The third kappa shape index (κ3) is 3.04. The number of aryl methyl sites for hydroxylation is 1. The van der Waals surface area contributed by atoms with Crippen LogP contribution in [0.3, 0.4) is 0 Å². The van der Waals surface area contributed by atoms with Crippen LogP contribution in [0.4, 0.5) is 5.95 Å². The van der Waals surface area contributed by atoms with Gasteiger partial charge in [0.2, 0.25) is 5.95 Å². The van der Waals surface area contributed by atoms with E-state index in [0.717, 1.165) is 48.8 Å². The Kier molecular flexibility index (Phi) is 4.12. The predicted molar refractivity (Wildman–Crippen MR) is 85.9 cm³/mol. The van der Waals surface area contributed by atoms with E-state index in [0.29, 0.717) is 11.1 Å². The van der Waals surface area contributed by atoms with Crippen molar-refractivity contribution in [3.05, 3.63) is 28.8 Å². The van der Waals surface area contributed by atoms with Crippen molar-refractivity contribution >= 4 is 17.5 Å². The van der Waals surface area contributed by atoms with E-state index in [1.165, 1.54) is 0 Å². The Morgan fingerprint density at radius 2 is 2.10 bits per heavy atom. The van der Waals surface area contributed by atoms with Gasteiger partial charge in [0.15, 0.2) is 5.82 Å². The molecule has 1 fully saturated rings. The molecular formula is C15H20ClN5. The van der Waals surface area contributed by atoms with Crippen molar-refractivity contribution < 1.29 is 0 Å². The number of piperidine rings is 1. The van der Waals surface area contributed by atoms with Crippen molar-refractivity contribution in [3.8, 4) is 11.4 Å². The van der Waals surface area contributed by atoms with Gasteiger partial charge in [0.05, 0.1) is 0 Å². The number of aromatic amines is 1. The molecule has 2 aromatic rings. The van der Waals surface area contributed by atoms with E-state index in [2.05, 4.69) is 25.4 Å². The Labute approximate surface area is 129 Å². The van der Waals surface area contributed by atoms with Crippen LogP contribution in [0, 0.1) is 6.92 Å². The highest BCUT2D eigenvalue weighted by atomic mass is 35.5. The summed E-state index contributed by atoms with van der Waals surface area (Å²) in [6, 6.07) is 6.42. The van der Waals surface area contributed by atoms with E-state index >= 15 is 0 Å². The van der Waals surface area contributed by atoms with Crippen LogP contribution in [0.2, 0.25) is 5.02 Å². The van der Waals surface area contributed by atoms with Gasteiger partial charge in [-0.3, -0.25) is 5.10 Å². The summed E-state index contributed by atoms with van der Waals surface area (Å²) in [4.78, 5) is 6.87. The largest absolute Gasteiger partial charge is 0.339 e. The van der Waals surface area contributed by atoms with Gasteiger partial charge in [-0.15, -0.1) is 5.10 Å². The number of hydrogen-bond acceptors (Lipinski definition) is 4. The Morgan fingerprint density at radius 1 is 1.33 bits per heavy atom. The van der Waals surface area contributed by atoms with Crippen molar-refractivity contribution in [2.45, 2.75) is 25.8 Å². The third-order valence-corrected chi connectivity index (χ3v) is 4.35. The maximum Gasteiger partial charge on any atom is 0.245 e. The van der Waals surface area contributed by atoms with Crippen LogP contribution < -0.4 is 10.2 Å². The summed E-state index contributed by atoms with van der Waals surface area (Å²) in [5, 5.41) is 11.4. The average molecular weight is 306 g/mol. The summed E-state index contributed by atoms with van der Waals surface area (Å²) in [5.74, 6) is 1.56. The van der Waals surface area contributed by atoms with Crippen LogP contribution in [0.25, 0.3) is 11.4 Å². The number of nitrogens with one attached hydrogen (secondary N) is 2. The molecule has 1 aliphatic rings. The van der Waals surface area contributed by atoms with Gasteiger partial charge in [-0.1, -0.05) is 17.7 Å². The van der Waals surface area contributed by atoms with Gasteiger partial charge < -0.3 is 10.2 Å². The van der Waals surface area contributed by atoms with Crippen LogP contribution in [0.1, 0.15) is 18.4 Å². The summed E-state index contributed by atoms with van der Waals surface area (Å²) in [7, 11) is 2.02. The zero-order valence-electron chi connectivity index (χ0n) is 12.4. The Hall–Kier alpha value is -1.59. The Balaban J connectivity index is 1.79. The lowest BCUT2D eigenvalue weighted by Gasteiger charge is -2.30. The summed E-state index contributed by atoms with van der Waals surface area (Å²) < 4.78 is 0. The van der Waals surface area contributed by atoms with Gasteiger partial charge in [-0.2, -0.15) is 4.98 Å². The number of aromatic nitrogens is 3. The van der Waals surface area contributed by atoms with Crippen LogP contribution in [-0.4, -0.2) is 41.4 Å². The number of rotatable bonds is 3. The van der Waals surface area contributed by atoms with Crippen LogP contribution in [-0.2, 0) is 0 Å². The highest BCUT2D eigenvalue weighted by Gasteiger charge is 2.21. The standard InChI is InChI=1S/C15H20ClN5/c1-10-3-4-11(16)9-13(10)14-18-15(20-19-14)21-7-5-12(17-2)6-8-21/h3-4,9,12,17H,5-8H2,1-2H3,(H,18,19,20). The van der Waals surface area contributed by atoms with Gasteiger partial charge in [0, 0.05) is 29.7 Å². The lowest BCUT2D eigenvalue weighted by molar-refractivity contribution is 0.439. The highest BCUT2D eigenvalue weighted by molar-refractivity contribution is 6.30. The average Bonchev–Trinajstić information content (AvgIpc) is 2.99. The molecule has 0 atom stereocenters. The molecule has 0 unspecified atom stereocenters. The summed E-state index contributed by atoms with van der Waals surface area (Å²) in [6.45, 7) is 4.01. The molecule has 5 nitrogen and oxygen atoms in total. The molecule has 0 radical (unpaired) electrons. The lowest BCUT2D eigenvalue weighted by atomic mass is 10.1. The van der Waals surface area contributed by atoms with Crippen molar-refractivity contribution in [1.82, 2.24) is 20.5 Å². The number of halogens is 1. The van der Waals surface area contributed by atoms with Crippen LogP contribution in [0.5, 0.6) is 0 Å². The molecular weight excluding hydrogens is 286 g/mol. The fraction of sp³-hybridized carbons (Fsp3) is 0.467. The van der Waals surface area contributed by atoms with Gasteiger partial charge in [0.1, 0.15) is 0 Å². The topological polar surface area (TPSA) is 56.8 Å². The summed E-state index contributed by atoms with van der Waals surface area (Å²) >= 11 is 6.07. The van der Waals surface area contributed by atoms with Crippen molar-refractivity contribution in [2.24, 2.45) is 0 Å². The fourth-order valence-electron chi connectivity index (χ4n) is 2.73. The second-order valence-electron chi connectivity index (χ2n) is 5.49. The number of nitrogens with zero attached hydrogens (tertiary/aromatic N) is 3. The van der Waals surface area contributed by atoms with Gasteiger partial charge in [-0.25, -0.2) is 0 Å². The molecule has 112 valence electrons. The van der Waals surface area contributed by atoms with E-state index in [4.69, 9.17) is 11.6 Å². The van der Waals surface area contributed by atoms with E-state index in [9.17, 15) is 0 Å². The van der Waals surface area contributed by atoms with Crippen molar-refractivity contribution in [1.29, 1.82) is 0 Å². The van der Waals surface area contributed by atoms with Crippen molar-refractivity contribution in [2.75, 3.05) is 25.0 Å². The van der Waals surface area contributed by atoms with E-state index in [1.807, 2.05) is 32.2 Å². The maximum absolute atomic E-state index is 6.07. The molecule has 0 aliphatic carbocycles. The zero-order chi connectivity index (χ0) is 14.8. The first-order chi connectivity index (χ1) is 10.2. The number of hydrogen-bond donors (Lipinski definition) is 2. The molecule has 6 heteroatoms. The van der Waals surface area contributed by atoms with Gasteiger partial charge in [0.25, 0.3) is 0 Å². The molecule has 1 aliphatic heterocycles. The van der Waals surface area contributed by atoms with Crippen LogP contribution in [0.15, 0.2) is 18.2 Å². The lowest BCUT2D eigenvalue weighted by Crippen LogP contribution is -2.41. The third-order valence-electron chi connectivity index (χ3n) is 4.11. The summed E-state index contributed by atoms with van der Waals surface area (Å²) in [5.41, 5.74) is 2.14. The van der Waals surface area contributed by atoms with E-state index in [1.54, 1.807) is 0 Å². The SMILES string of the molecule is CNC1CCN(c2n[nH]c(-c3cc(Cl)ccc3C)n2)CC1. The monoisotopic (exact) mass is 305 g/mol. The first-order valence-corrected chi connectivity index (χ1v) is 7.66. The van der Waals surface area contributed by atoms with E-state index < -0.39 is 0 Å². The molecule has 0 bridgehead atoms. The molecule has 2 N–H and O–H groups in total. The fourth-order valence-corrected chi connectivity index (χ4v) is 2.90. The first kappa shape index (κ1) is 14.4. The minimum absolute atomic E-state index is 0.606. The van der Waals surface area contributed by atoms with E-state index in [-0.39, 0.29) is 0 Å². The second-order valence-corrected chi connectivity index (χ2v) is 5.93. The maximum atomic E-state index is 6.07. The van der Waals surface area contributed by atoms with Crippen LogP contribution >= 0.6 is 11.6 Å². The molecule has 1 aromatic carbocycles. The zero-order valence-corrected chi connectivity index (χ0v) is 13.1. The Morgan fingerprint density at radius 3 is 2.81 bits per heavy atom.